The number of hydrogen-bond donors (Lipinski definition) is 0. The summed E-state index contributed by atoms with van der Waals surface area (Å²) in [5, 5.41) is 0. The van der Waals surface area contributed by atoms with E-state index in [0.717, 1.165) is 16.9 Å². The molecule has 0 fully saturated rings. The molecule has 0 amide bonds. The fourth-order valence-corrected chi connectivity index (χ4v) is 5.13. The van der Waals surface area contributed by atoms with Crippen LogP contribution in [0.4, 0.5) is 0 Å². The third-order valence-electron chi connectivity index (χ3n) is 5.72. The van der Waals surface area contributed by atoms with Crippen molar-refractivity contribution >= 4 is 23.4 Å². The molecule has 170 valence electrons. The lowest BCUT2D eigenvalue weighted by Gasteiger charge is -2.25. The van der Waals surface area contributed by atoms with E-state index in [1.54, 1.807) is 10.6 Å². The van der Waals surface area contributed by atoms with Crippen LogP contribution >= 0.6 is 11.3 Å². The van der Waals surface area contributed by atoms with E-state index < -0.39 is 12.0 Å². The van der Waals surface area contributed by atoms with Crippen molar-refractivity contribution in [3.8, 4) is 11.3 Å². The second-order valence-electron chi connectivity index (χ2n) is 7.77. The van der Waals surface area contributed by atoms with E-state index in [1.165, 1.54) is 18.4 Å². The Bertz CT molecular complexity index is 1560. The number of carbonyl (C=O) groups excluding carboxylic acids is 1. The zero-order chi connectivity index (χ0) is 23.7. The second-order valence-corrected chi connectivity index (χ2v) is 8.78. The maximum absolute atomic E-state index is 13.6. The molecular weight excluding hydrogens is 448 g/mol. The van der Waals surface area contributed by atoms with Crippen LogP contribution in [-0.2, 0) is 9.53 Å². The van der Waals surface area contributed by atoms with Crippen molar-refractivity contribution in [1.29, 1.82) is 0 Å². The Hall–Kier alpha value is -3.97. The molecule has 1 aliphatic rings. The zero-order valence-electron chi connectivity index (χ0n) is 18.7. The van der Waals surface area contributed by atoms with Crippen LogP contribution in [0.15, 0.2) is 98.3 Å². The Balaban J connectivity index is 1.68. The SMILES string of the molecule is CCC1=C(C(=O)OC)[C@@H](c2ccccc2)n2c(s/c(=C\c3ccc(-c4ccccc4)o3)c2=O)=N1. The number of esters is 1. The fraction of sp³-hybridized carbons (Fsp3) is 0.148. The van der Waals surface area contributed by atoms with Gasteiger partial charge in [0.25, 0.3) is 5.56 Å². The highest BCUT2D eigenvalue weighted by Gasteiger charge is 2.33. The van der Waals surface area contributed by atoms with Crippen molar-refractivity contribution in [3.63, 3.8) is 0 Å². The number of thiazole rings is 1. The number of nitrogens with zero attached hydrogens (tertiary/aromatic N) is 2. The van der Waals surface area contributed by atoms with Crippen LogP contribution in [0.25, 0.3) is 17.4 Å². The lowest BCUT2D eigenvalue weighted by molar-refractivity contribution is -0.136. The van der Waals surface area contributed by atoms with Crippen LogP contribution in [0.1, 0.15) is 30.7 Å². The number of benzene rings is 2. The van der Waals surface area contributed by atoms with Gasteiger partial charge in [-0.3, -0.25) is 9.36 Å². The van der Waals surface area contributed by atoms with Gasteiger partial charge < -0.3 is 9.15 Å². The number of furan rings is 1. The highest BCUT2D eigenvalue weighted by molar-refractivity contribution is 7.07. The van der Waals surface area contributed by atoms with Crippen LogP contribution in [0.2, 0.25) is 0 Å². The number of rotatable bonds is 5. The summed E-state index contributed by atoms with van der Waals surface area (Å²) >= 11 is 1.28. The summed E-state index contributed by atoms with van der Waals surface area (Å²) < 4.78 is 13.1. The predicted octanol–water partition coefficient (Wildman–Crippen LogP) is 4.06. The number of fused-ring (bicyclic) bond motifs is 1. The van der Waals surface area contributed by atoms with Gasteiger partial charge >= 0.3 is 5.97 Å². The van der Waals surface area contributed by atoms with Gasteiger partial charge in [0.15, 0.2) is 4.80 Å². The van der Waals surface area contributed by atoms with Gasteiger partial charge in [-0.25, -0.2) is 9.79 Å². The monoisotopic (exact) mass is 470 g/mol. The maximum atomic E-state index is 13.6. The van der Waals surface area contributed by atoms with Crippen molar-refractivity contribution in [2.24, 2.45) is 4.99 Å². The normalized spacial score (nSPS) is 15.7. The lowest BCUT2D eigenvalue weighted by Crippen LogP contribution is -2.40. The Morgan fingerprint density at radius 2 is 1.79 bits per heavy atom. The summed E-state index contributed by atoms with van der Waals surface area (Å²) in [5.74, 6) is 0.814. The summed E-state index contributed by atoms with van der Waals surface area (Å²) in [5.41, 5.74) is 2.56. The molecule has 1 atom stereocenters. The molecule has 0 aliphatic carbocycles. The third kappa shape index (κ3) is 3.84. The van der Waals surface area contributed by atoms with Gasteiger partial charge in [-0.2, -0.15) is 0 Å². The van der Waals surface area contributed by atoms with E-state index in [-0.39, 0.29) is 5.56 Å². The summed E-state index contributed by atoms with van der Waals surface area (Å²) in [6.45, 7) is 1.94. The molecule has 0 saturated carbocycles. The first-order valence-corrected chi connectivity index (χ1v) is 11.8. The van der Waals surface area contributed by atoms with Crippen LogP contribution in [0.3, 0.4) is 0 Å². The van der Waals surface area contributed by atoms with Gasteiger partial charge in [0.2, 0.25) is 0 Å². The Kier molecular flexibility index (Phi) is 5.86. The van der Waals surface area contributed by atoms with E-state index >= 15 is 0 Å². The van der Waals surface area contributed by atoms with Crippen LogP contribution in [0, 0.1) is 0 Å². The maximum Gasteiger partial charge on any atom is 0.338 e. The Morgan fingerprint density at radius 1 is 1.09 bits per heavy atom. The van der Waals surface area contributed by atoms with Gasteiger partial charge in [-0.05, 0) is 24.1 Å². The second kappa shape index (κ2) is 9.11. The van der Waals surface area contributed by atoms with Gasteiger partial charge in [0.1, 0.15) is 11.5 Å². The molecule has 34 heavy (non-hydrogen) atoms. The highest BCUT2D eigenvalue weighted by atomic mass is 32.1. The van der Waals surface area contributed by atoms with Gasteiger partial charge in [-0.15, -0.1) is 0 Å². The number of ether oxygens (including phenoxy) is 1. The van der Waals surface area contributed by atoms with E-state index in [0.29, 0.717) is 32.8 Å². The summed E-state index contributed by atoms with van der Waals surface area (Å²) in [6, 6.07) is 22.4. The van der Waals surface area contributed by atoms with Crippen molar-refractivity contribution in [2.75, 3.05) is 7.11 Å². The van der Waals surface area contributed by atoms with Crippen molar-refractivity contribution in [2.45, 2.75) is 19.4 Å². The number of aromatic nitrogens is 1. The molecule has 0 unspecified atom stereocenters. The molecule has 1 aliphatic heterocycles. The van der Waals surface area contributed by atoms with Gasteiger partial charge in [0.05, 0.1) is 29.0 Å². The van der Waals surface area contributed by atoms with E-state index in [2.05, 4.69) is 4.99 Å². The molecule has 2 aromatic carbocycles. The molecule has 2 aromatic heterocycles. The molecule has 3 heterocycles. The average Bonchev–Trinajstić information content (AvgIpc) is 3.48. The Morgan fingerprint density at radius 3 is 2.47 bits per heavy atom. The molecule has 0 saturated heterocycles. The molecule has 0 spiro atoms. The van der Waals surface area contributed by atoms with Crippen molar-refractivity contribution in [1.82, 2.24) is 4.57 Å². The fourth-order valence-electron chi connectivity index (χ4n) is 4.13. The van der Waals surface area contributed by atoms with Crippen LogP contribution in [0.5, 0.6) is 0 Å². The number of hydrogen-bond acceptors (Lipinski definition) is 6. The highest BCUT2D eigenvalue weighted by Crippen LogP contribution is 2.31. The molecule has 0 radical (unpaired) electrons. The molecule has 7 heteroatoms. The minimum Gasteiger partial charge on any atom is -0.466 e. The summed E-state index contributed by atoms with van der Waals surface area (Å²) in [6.07, 6.45) is 2.27. The zero-order valence-corrected chi connectivity index (χ0v) is 19.5. The minimum absolute atomic E-state index is 0.230. The van der Waals surface area contributed by atoms with Crippen LogP contribution < -0.4 is 14.9 Å². The first-order chi connectivity index (χ1) is 16.6. The van der Waals surface area contributed by atoms with E-state index in [4.69, 9.17) is 9.15 Å². The summed E-state index contributed by atoms with van der Waals surface area (Å²) in [7, 11) is 1.34. The van der Waals surface area contributed by atoms with Crippen molar-refractivity contribution < 1.29 is 13.9 Å². The smallest absolute Gasteiger partial charge is 0.338 e. The Labute approximate surface area is 199 Å². The number of methoxy groups -OCH3 is 1. The van der Waals surface area contributed by atoms with Crippen LogP contribution in [-0.4, -0.2) is 17.6 Å². The van der Waals surface area contributed by atoms with Gasteiger partial charge in [-0.1, -0.05) is 78.9 Å². The molecule has 6 nitrogen and oxygen atoms in total. The standard InChI is InChI=1S/C27H22N2O4S/c1-3-20-23(26(31)32-2)24(18-12-8-5-9-13-18)29-25(30)22(34-27(29)28-20)16-19-14-15-21(33-19)17-10-6-4-7-11-17/h4-16,24H,3H2,1-2H3/b22-16-/t24-/m1/s1. The molecule has 0 N–H and O–H groups in total. The predicted molar refractivity (Wildman–Crippen MR) is 131 cm³/mol. The quantitative estimate of drug-likeness (QED) is 0.413. The molecule has 0 bridgehead atoms. The van der Waals surface area contributed by atoms with E-state index in [9.17, 15) is 9.59 Å². The number of allylic oxidation sites excluding steroid dienone is 1. The van der Waals surface area contributed by atoms with E-state index in [1.807, 2.05) is 79.7 Å². The first kappa shape index (κ1) is 21.9. The molecule has 5 rings (SSSR count). The third-order valence-corrected chi connectivity index (χ3v) is 6.71. The summed E-state index contributed by atoms with van der Waals surface area (Å²) in [4.78, 5) is 31.6. The number of carbonyl (C=O) groups is 1. The van der Waals surface area contributed by atoms with Gasteiger partial charge in [0, 0.05) is 11.6 Å². The minimum atomic E-state index is -0.613. The topological polar surface area (TPSA) is 73.8 Å². The molecule has 4 aromatic rings. The molecular formula is C27H22N2O4S. The van der Waals surface area contributed by atoms with Crippen molar-refractivity contribution in [3.05, 3.63) is 115 Å². The largest absolute Gasteiger partial charge is 0.466 e. The lowest BCUT2D eigenvalue weighted by atomic mass is 9.95. The first-order valence-electron chi connectivity index (χ1n) is 10.9. The average molecular weight is 471 g/mol.